The van der Waals surface area contributed by atoms with E-state index in [1.54, 1.807) is 0 Å². The quantitative estimate of drug-likeness (QED) is 0.460. The van der Waals surface area contributed by atoms with Crippen LogP contribution in [0.25, 0.3) is 0 Å². The summed E-state index contributed by atoms with van der Waals surface area (Å²) in [4.78, 5) is 0. The maximum atomic E-state index is 2.12. The first-order chi connectivity index (χ1) is 3.64. The summed E-state index contributed by atoms with van der Waals surface area (Å²) in [5.41, 5.74) is 2.85. The lowest BCUT2D eigenvalue weighted by Gasteiger charge is -1.88. The van der Waals surface area contributed by atoms with Crippen molar-refractivity contribution in [2.45, 2.75) is 27.7 Å². The minimum Gasteiger partial charge on any atom is -0.0778 e. The highest BCUT2D eigenvalue weighted by molar-refractivity contribution is 15.0. The van der Waals surface area contributed by atoms with Crippen molar-refractivity contribution in [1.82, 2.24) is 0 Å². The van der Waals surface area contributed by atoms with Crippen LogP contribution in [0, 0.1) is 0 Å². The molecular formula is C6H12I2. The third kappa shape index (κ3) is 10.2. The van der Waals surface area contributed by atoms with Crippen LogP contribution in [0.5, 0.6) is 0 Å². The molecule has 0 atom stereocenters. The van der Waals surface area contributed by atoms with Crippen molar-refractivity contribution in [1.29, 1.82) is 0 Å². The predicted molar refractivity (Wildman–Crippen MR) is 57.8 cm³/mol. The van der Waals surface area contributed by atoms with Gasteiger partial charge in [0.25, 0.3) is 0 Å². The molecule has 0 N–H and O–H groups in total. The molecule has 0 saturated carbocycles. The zero-order chi connectivity index (χ0) is 7.15. The van der Waals surface area contributed by atoms with Crippen LogP contribution < -0.4 is 0 Å². The van der Waals surface area contributed by atoms with Gasteiger partial charge in [-0.05, 0) is 27.7 Å². The van der Waals surface area contributed by atoms with E-state index >= 15 is 0 Å². The fourth-order valence-corrected chi connectivity index (χ4v) is 0. The molecule has 50 valence electrons. The van der Waals surface area contributed by atoms with Crippen molar-refractivity contribution in [2.24, 2.45) is 0 Å². The summed E-state index contributed by atoms with van der Waals surface area (Å²) in [6.45, 7) is 8.48. The summed E-state index contributed by atoms with van der Waals surface area (Å²) in [7, 11) is 0. The van der Waals surface area contributed by atoms with Gasteiger partial charge in [-0.15, -0.1) is 0 Å². The molecule has 8 heavy (non-hydrogen) atoms. The van der Waals surface area contributed by atoms with Crippen molar-refractivity contribution < 1.29 is 0 Å². The summed E-state index contributed by atoms with van der Waals surface area (Å²) in [5, 5.41) is 0. The van der Waals surface area contributed by atoms with Gasteiger partial charge in [-0.3, -0.25) is 0 Å². The topological polar surface area (TPSA) is 0 Å². The second kappa shape index (κ2) is 8.20. The van der Waals surface area contributed by atoms with E-state index in [9.17, 15) is 0 Å². The van der Waals surface area contributed by atoms with E-state index in [1.165, 1.54) is 11.1 Å². The summed E-state index contributed by atoms with van der Waals surface area (Å²) in [6.07, 6.45) is 0. The highest BCUT2D eigenvalue weighted by Crippen LogP contribution is 1.96. The third-order valence-corrected chi connectivity index (χ3v) is 1.00. The SMILES string of the molecule is CC(C)=C(C)C.II. The standard InChI is InChI=1S/C6H12.I2/c1-5(2)6(3)4;1-2/h1-4H3;. The number of rotatable bonds is 0. The van der Waals surface area contributed by atoms with E-state index in [1.807, 2.05) is 0 Å². The van der Waals surface area contributed by atoms with E-state index in [0.717, 1.165) is 0 Å². The Labute approximate surface area is 75.4 Å². The van der Waals surface area contributed by atoms with Crippen molar-refractivity contribution in [3.8, 4) is 0 Å². The molecule has 2 heteroatoms. The van der Waals surface area contributed by atoms with Gasteiger partial charge in [-0.25, -0.2) is 0 Å². The monoisotopic (exact) mass is 338 g/mol. The van der Waals surface area contributed by atoms with Crippen molar-refractivity contribution in [2.75, 3.05) is 0 Å². The molecule has 0 aromatic rings. The van der Waals surface area contributed by atoms with Crippen LogP contribution in [0.15, 0.2) is 11.1 Å². The smallest absolute Gasteiger partial charge is 0 e. The molecule has 0 unspecified atom stereocenters. The zero-order valence-corrected chi connectivity index (χ0v) is 10.1. The zero-order valence-electron chi connectivity index (χ0n) is 5.76. The normalized spacial score (nSPS) is 6.75. The van der Waals surface area contributed by atoms with E-state index < -0.39 is 0 Å². The number of allylic oxidation sites excluding steroid dienone is 2. The van der Waals surface area contributed by atoms with Gasteiger partial charge in [0.2, 0.25) is 0 Å². The van der Waals surface area contributed by atoms with Gasteiger partial charge >= 0.3 is 0 Å². The fraction of sp³-hybridized carbons (Fsp3) is 0.667. The van der Waals surface area contributed by atoms with Crippen LogP contribution in [0.3, 0.4) is 0 Å². The molecule has 0 rings (SSSR count). The van der Waals surface area contributed by atoms with E-state index in [0.29, 0.717) is 0 Å². The molecule has 0 aromatic carbocycles. The molecule has 0 aliphatic carbocycles. The van der Waals surface area contributed by atoms with Crippen LogP contribution in [-0.4, -0.2) is 0 Å². The van der Waals surface area contributed by atoms with Gasteiger partial charge in [-0.1, -0.05) is 11.1 Å². The average Bonchev–Trinajstić information content (AvgIpc) is 1.72. The summed E-state index contributed by atoms with van der Waals surface area (Å²) in [6, 6.07) is 0. The van der Waals surface area contributed by atoms with Gasteiger partial charge in [-0.2, -0.15) is 0 Å². The lowest BCUT2D eigenvalue weighted by atomic mass is 10.2. The lowest BCUT2D eigenvalue weighted by molar-refractivity contribution is 1.23. The van der Waals surface area contributed by atoms with Crippen LogP contribution in [-0.2, 0) is 0 Å². The molecular weight excluding hydrogens is 326 g/mol. The molecule has 0 saturated heterocycles. The van der Waals surface area contributed by atoms with Gasteiger partial charge in [0, 0.05) is 37.2 Å². The summed E-state index contributed by atoms with van der Waals surface area (Å²) < 4.78 is 0. The molecule has 0 spiro atoms. The summed E-state index contributed by atoms with van der Waals surface area (Å²) >= 11 is 4.24. The first kappa shape index (κ1) is 11.9. The number of hydrogen-bond acceptors (Lipinski definition) is 0. The van der Waals surface area contributed by atoms with E-state index in [-0.39, 0.29) is 0 Å². The Morgan fingerprint density at radius 2 is 0.875 bits per heavy atom. The molecule has 0 amide bonds. The van der Waals surface area contributed by atoms with Crippen LogP contribution in [0.1, 0.15) is 27.7 Å². The number of hydrogen-bond donors (Lipinski definition) is 0. The van der Waals surface area contributed by atoms with Crippen molar-refractivity contribution in [3.05, 3.63) is 11.1 Å². The molecule has 0 aliphatic heterocycles. The minimum absolute atomic E-state index is 1.43. The maximum Gasteiger partial charge on any atom is 0 e. The molecule has 0 radical (unpaired) electrons. The Morgan fingerprint density at radius 1 is 0.750 bits per heavy atom. The van der Waals surface area contributed by atoms with Gasteiger partial charge in [0.15, 0.2) is 0 Å². The summed E-state index contributed by atoms with van der Waals surface area (Å²) in [5.74, 6) is 0. The van der Waals surface area contributed by atoms with Crippen LogP contribution >= 0.6 is 37.2 Å². The molecule has 0 heterocycles. The maximum absolute atomic E-state index is 2.12. The van der Waals surface area contributed by atoms with E-state index in [4.69, 9.17) is 0 Å². The predicted octanol–water partition coefficient (Wildman–Crippen LogP) is 4.13. The minimum atomic E-state index is 1.43. The highest BCUT2D eigenvalue weighted by atomic mass is 128. The first-order valence-electron chi connectivity index (χ1n) is 2.39. The van der Waals surface area contributed by atoms with Gasteiger partial charge < -0.3 is 0 Å². The Hall–Kier alpha value is 1.20. The first-order valence-corrected chi connectivity index (χ1v) is 8.68. The Balaban J connectivity index is 0. The molecule has 0 bridgehead atoms. The fourth-order valence-electron chi connectivity index (χ4n) is 0. The molecule has 0 nitrogen and oxygen atoms in total. The van der Waals surface area contributed by atoms with Crippen LogP contribution in [0.4, 0.5) is 0 Å². The average molecular weight is 338 g/mol. The molecule has 0 aliphatic rings. The Morgan fingerprint density at radius 3 is 0.875 bits per heavy atom. The highest BCUT2D eigenvalue weighted by Gasteiger charge is 1.75. The van der Waals surface area contributed by atoms with Crippen molar-refractivity contribution in [3.63, 3.8) is 0 Å². The van der Waals surface area contributed by atoms with Gasteiger partial charge in [0.1, 0.15) is 0 Å². The second-order valence-corrected chi connectivity index (χ2v) is 2.00. The lowest BCUT2D eigenvalue weighted by Crippen LogP contribution is -1.66. The van der Waals surface area contributed by atoms with E-state index in [2.05, 4.69) is 64.9 Å². The number of halogens is 2. The second-order valence-electron chi connectivity index (χ2n) is 2.00. The van der Waals surface area contributed by atoms with Crippen molar-refractivity contribution >= 4 is 37.2 Å². The largest absolute Gasteiger partial charge is 0.0778 e. The third-order valence-electron chi connectivity index (χ3n) is 1.00. The Bertz CT molecular complexity index is 56.6. The van der Waals surface area contributed by atoms with Crippen LogP contribution in [0.2, 0.25) is 0 Å². The molecule has 0 fully saturated rings. The molecule has 0 aromatic heterocycles. The Kier molecular flexibility index (Phi) is 12.2. The van der Waals surface area contributed by atoms with Gasteiger partial charge in [0.05, 0.1) is 0 Å².